The van der Waals surface area contributed by atoms with Crippen molar-refractivity contribution in [1.82, 2.24) is 15.2 Å². The van der Waals surface area contributed by atoms with E-state index in [1.165, 1.54) is 18.5 Å². The van der Waals surface area contributed by atoms with Gasteiger partial charge in [0.15, 0.2) is 0 Å². The molecule has 0 saturated heterocycles. The molecular formula is C13H19N3O3. The second kappa shape index (κ2) is 7.48. The predicted molar refractivity (Wildman–Crippen MR) is 71.3 cm³/mol. The molecule has 0 aliphatic rings. The summed E-state index contributed by atoms with van der Waals surface area (Å²) in [5.74, 6) is -1.52. The summed E-state index contributed by atoms with van der Waals surface area (Å²) in [6.07, 6.45) is 4.43. The minimum Gasteiger partial charge on any atom is -0.478 e. The number of hydrogen-bond donors (Lipinski definition) is 2. The van der Waals surface area contributed by atoms with Gasteiger partial charge in [0, 0.05) is 18.9 Å². The molecule has 0 radical (unpaired) electrons. The molecule has 0 aliphatic carbocycles. The van der Waals surface area contributed by atoms with Gasteiger partial charge in [-0.05, 0) is 39.5 Å². The number of nitrogens with zero attached hydrogens (tertiary/aromatic N) is 2. The Kier molecular flexibility index (Phi) is 5.95. The van der Waals surface area contributed by atoms with Crippen LogP contribution in [0.3, 0.4) is 0 Å². The molecule has 0 saturated carbocycles. The average molecular weight is 265 g/mol. The predicted octanol–water partition coefficient (Wildman–Crippen LogP) is 0.851. The number of carboxylic acids is 1. The van der Waals surface area contributed by atoms with Crippen LogP contribution in [0.2, 0.25) is 0 Å². The highest BCUT2D eigenvalue weighted by atomic mass is 16.4. The number of aromatic carboxylic acids is 1. The SMILES string of the molecule is CN(C)CCCCNC(=O)c1ccncc1C(=O)O. The third-order valence-corrected chi connectivity index (χ3v) is 2.61. The first-order chi connectivity index (χ1) is 9.02. The van der Waals surface area contributed by atoms with Gasteiger partial charge in [0.25, 0.3) is 5.91 Å². The largest absolute Gasteiger partial charge is 0.478 e. The maximum atomic E-state index is 11.9. The summed E-state index contributed by atoms with van der Waals surface area (Å²) in [6, 6.07) is 1.42. The van der Waals surface area contributed by atoms with E-state index >= 15 is 0 Å². The summed E-state index contributed by atoms with van der Waals surface area (Å²) in [7, 11) is 3.99. The maximum Gasteiger partial charge on any atom is 0.338 e. The summed E-state index contributed by atoms with van der Waals surface area (Å²) < 4.78 is 0. The second-order valence-electron chi connectivity index (χ2n) is 4.49. The van der Waals surface area contributed by atoms with Crippen LogP contribution in [0.25, 0.3) is 0 Å². The van der Waals surface area contributed by atoms with E-state index in [-0.39, 0.29) is 17.0 Å². The Morgan fingerprint density at radius 1 is 1.32 bits per heavy atom. The lowest BCUT2D eigenvalue weighted by Gasteiger charge is -2.10. The summed E-state index contributed by atoms with van der Waals surface area (Å²) in [4.78, 5) is 28.6. The monoisotopic (exact) mass is 265 g/mol. The van der Waals surface area contributed by atoms with Gasteiger partial charge in [0.2, 0.25) is 0 Å². The molecule has 1 amide bonds. The first-order valence-electron chi connectivity index (χ1n) is 6.12. The normalized spacial score (nSPS) is 10.5. The molecule has 1 aromatic heterocycles. The van der Waals surface area contributed by atoms with Crippen molar-refractivity contribution in [3.63, 3.8) is 0 Å². The molecule has 0 bridgehead atoms. The first-order valence-corrected chi connectivity index (χ1v) is 6.12. The number of aromatic nitrogens is 1. The van der Waals surface area contributed by atoms with Crippen molar-refractivity contribution in [3.05, 3.63) is 29.6 Å². The van der Waals surface area contributed by atoms with Gasteiger partial charge in [-0.3, -0.25) is 9.78 Å². The number of carbonyl (C=O) groups is 2. The number of nitrogens with one attached hydrogen (secondary N) is 1. The third-order valence-electron chi connectivity index (χ3n) is 2.61. The van der Waals surface area contributed by atoms with E-state index in [0.717, 1.165) is 19.4 Å². The Labute approximate surface area is 112 Å². The molecule has 1 heterocycles. The molecular weight excluding hydrogens is 246 g/mol. The standard InChI is InChI=1S/C13H19N3O3/c1-16(2)8-4-3-6-15-12(17)10-5-7-14-9-11(10)13(18)19/h5,7,9H,3-4,6,8H2,1-2H3,(H,15,17)(H,18,19). The molecule has 6 nitrogen and oxygen atoms in total. The molecule has 1 rings (SSSR count). The lowest BCUT2D eigenvalue weighted by Crippen LogP contribution is -2.27. The zero-order chi connectivity index (χ0) is 14.3. The fourth-order valence-corrected chi connectivity index (χ4v) is 1.61. The van der Waals surface area contributed by atoms with Crippen LogP contribution in [0.1, 0.15) is 33.6 Å². The number of hydrogen-bond acceptors (Lipinski definition) is 4. The number of rotatable bonds is 7. The van der Waals surface area contributed by atoms with Crippen LogP contribution < -0.4 is 5.32 Å². The highest BCUT2D eigenvalue weighted by Crippen LogP contribution is 2.06. The Morgan fingerprint density at radius 2 is 2.05 bits per heavy atom. The highest BCUT2D eigenvalue weighted by Gasteiger charge is 2.15. The first kappa shape index (κ1) is 15.1. The van der Waals surface area contributed by atoms with Crippen molar-refractivity contribution in [3.8, 4) is 0 Å². The number of unbranched alkanes of at least 4 members (excludes halogenated alkanes) is 1. The van der Waals surface area contributed by atoms with Crippen molar-refractivity contribution < 1.29 is 14.7 Å². The van der Waals surface area contributed by atoms with Crippen LogP contribution in [0.15, 0.2) is 18.5 Å². The minimum atomic E-state index is -1.15. The molecule has 0 aromatic carbocycles. The van der Waals surface area contributed by atoms with E-state index in [1.807, 2.05) is 14.1 Å². The Balaban J connectivity index is 2.48. The number of carboxylic acid groups (broad SMARTS) is 1. The molecule has 0 spiro atoms. The summed E-state index contributed by atoms with van der Waals surface area (Å²) in [6.45, 7) is 1.50. The van der Waals surface area contributed by atoms with E-state index in [1.54, 1.807) is 0 Å². The van der Waals surface area contributed by atoms with Gasteiger partial charge in [-0.25, -0.2) is 4.79 Å². The maximum absolute atomic E-state index is 11.9. The van der Waals surface area contributed by atoms with Gasteiger partial charge in [-0.2, -0.15) is 0 Å². The second-order valence-corrected chi connectivity index (χ2v) is 4.49. The van der Waals surface area contributed by atoms with Crippen molar-refractivity contribution in [1.29, 1.82) is 0 Å². The van der Waals surface area contributed by atoms with E-state index in [9.17, 15) is 9.59 Å². The number of carbonyl (C=O) groups excluding carboxylic acids is 1. The Hall–Kier alpha value is -1.95. The van der Waals surface area contributed by atoms with E-state index in [2.05, 4.69) is 15.2 Å². The van der Waals surface area contributed by atoms with Gasteiger partial charge in [-0.15, -0.1) is 0 Å². The van der Waals surface area contributed by atoms with Crippen LogP contribution in [-0.2, 0) is 0 Å². The van der Waals surface area contributed by atoms with Crippen LogP contribution >= 0.6 is 0 Å². The minimum absolute atomic E-state index is 0.0757. The van der Waals surface area contributed by atoms with Gasteiger partial charge >= 0.3 is 5.97 Å². The van der Waals surface area contributed by atoms with Crippen LogP contribution in [0.5, 0.6) is 0 Å². The van der Waals surface area contributed by atoms with Gasteiger partial charge < -0.3 is 15.3 Å². The van der Waals surface area contributed by atoms with Gasteiger partial charge in [0.05, 0.1) is 11.1 Å². The lowest BCUT2D eigenvalue weighted by atomic mass is 10.1. The van der Waals surface area contributed by atoms with E-state index < -0.39 is 5.97 Å². The van der Waals surface area contributed by atoms with E-state index in [4.69, 9.17) is 5.11 Å². The molecule has 19 heavy (non-hydrogen) atoms. The van der Waals surface area contributed by atoms with Gasteiger partial charge in [0.1, 0.15) is 0 Å². The smallest absolute Gasteiger partial charge is 0.338 e. The van der Waals surface area contributed by atoms with Crippen LogP contribution in [-0.4, -0.2) is 54.1 Å². The van der Waals surface area contributed by atoms with Crippen molar-refractivity contribution in [2.24, 2.45) is 0 Å². The quantitative estimate of drug-likeness (QED) is 0.714. The zero-order valence-electron chi connectivity index (χ0n) is 11.2. The zero-order valence-corrected chi connectivity index (χ0v) is 11.2. The Morgan fingerprint density at radius 3 is 2.68 bits per heavy atom. The molecule has 0 atom stereocenters. The fraction of sp³-hybridized carbons (Fsp3) is 0.462. The summed E-state index contributed by atoms with van der Waals surface area (Å²) in [5.41, 5.74) is 0.0726. The molecule has 2 N–H and O–H groups in total. The average Bonchev–Trinajstić information content (AvgIpc) is 2.37. The third kappa shape index (κ3) is 5.05. The summed E-state index contributed by atoms with van der Waals surface area (Å²) >= 11 is 0. The van der Waals surface area contributed by atoms with Crippen LogP contribution in [0, 0.1) is 0 Å². The molecule has 6 heteroatoms. The fourth-order valence-electron chi connectivity index (χ4n) is 1.61. The van der Waals surface area contributed by atoms with Crippen molar-refractivity contribution in [2.45, 2.75) is 12.8 Å². The van der Waals surface area contributed by atoms with Gasteiger partial charge in [-0.1, -0.05) is 0 Å². The summed E-state index contributed by atoms with van der Waals surface area (Å²) in [5, 5.41) is 11.7. The molecule has 1 aromatic rings. The van der Waals surface area contributed by atoms with E-state index in [0.29, 0.717) is 6.54 Å². The van der Waals surface area contributed by atoms with Crippen molar-refractivity contribution in [2.75, 3.05) is 27.2 Å². The van der Waals surface area contributed by atoms with Crippen LogP contribution in [0.4, 0.5) is 0 Å². The van der Waals surface area contributed by atoms with Crippen molar-refractivity contribution >= 4 is 11.9 Å². The molecule has 104 valence electrons. The molecule has 0 fully saturated rings. The Bertz CT molecular complexity index is 447. The lowest BCUT2D eigenvalue weighted by molar-refractivity contribution is 0.0690. The molecule has 0 unspecified atom stereocenters. The number of pyridine rings is 1. The molecule has 0 aliphatic heterocycles. The number of amides is 1. The topological polar surface area (TPSA) is 82.5 Å². The highest BCUT2D eigenvalue weighted by molar-refractivity contribution is 6.04.